The highest BCUT2D eigenvalue weighted by Crippen LogP contribution is 2.44. The van der Waals surface area contributed by atoms with E-state index >= 15 is 0 Å². The third-order valence-electron chi connectivity index (χ3n) is 3.88. The van der Waals surface area contributed by atoms with Crippen LogP contribution < -0.4 is 0 Å². The maximum absolute atomic E-state index is 12.6. The fourth-order valence-corrected chi connectivity index (χ4v) is 2.93. The Labute approximate surface area is 109 Å². The predicted octanol–water partition coefficient (Wildman–Crippen LogP) is 2.51. The highest BCUT2D eigenvalue weighted by molar-refractivity contribution is 5.89. The fraction of sp³-hybridized carbons (Fsp3) is 0.857. The average molecular weight is 256 g/mol. The number of ketones is 1. The van der Waals surface area contributed by atoms with Crippen molar-refractivity contribution in [1.82, 2.24) is 0 Å². The molecule has 0 atom stereocenters. The highest BCUT2D eigenvalue weighted by Gasteiger charge is 2.46. The number of hydrogen-bond donors (Lipinski definition) is 1. The van der Waals surface area contributed by atoms with E-state index in [1.54, 1.807) is 7.11 Å². The summed E-state index contributed by atoms with van der Waals surface area (Å²) in [6, 6.07) is 0. The Morgan fingerprint density at radius 3 is 2.11 bits per heavy atom. The van der Waals surface area contributed by atoms with Gasteiger partial charge in [-0.25, -0.2) is 0 Å². The molecule has 0 unspecified atom stereocenters. The van der Waals surface area contributed by atoms with E-state index in [0.717, 1.165) is 0 Å². The van der Waals surface area contributed by atoms with Crippen LogP contribution in [-0.4, -0.2) is 30.6 Å². The van der Waals surface area contributed by atoms with Crippen molar-refractivity contribution < 1.29 is 19.4 Å². The van der Waals surface area contributed by atoms with Crippen LogP contribution in [0.3, 0.4) is 0 Å². The zero-order valence-electron chi connectivity index (χ0n) is 11.8. The van der Waals surface area contributed by atoms with E-state index in [1.807, 2.05) is 20.8 Å². The van der Waals surface area contributed by atoms with Crippen LogP contribution >= 0.6 is 0 Å². The van der Waals surface area contributed by atoms with E-state index in [9.17, 15) is 9.59 Å². The first kappa shape index (κ1) is 15.2. The standard InChI is InChI=1S/C14H24O4/c1-13(2,3)12(17)14(9-18-4)7-5-10(6-8-14)11(15)16/h10H,5-9H2,1-4H3,(H,15,16). The van der Waals surface area contributed by atoms with Crippen molar-refractivity contribution in [2.24, 2.45) is 16.7 Å². The Bertz CT molecular complexity index is 319. The monoisotopic (exact) mass is 256 g/mol. The van der Waals surface area contributed by atoms with Crippen LogP contribution in [0.15, 0.2) is 0 Å². The molecule has 0 aliphatic heterocycles. The maximum Gasteiger partial charge on any atom is 0.306 e. The number of carbonyl (C=O) groups is 2. The predicted molar refractivity (Wildman–Crippen MR) is 68.4 cm³/mol. The summed E-state index contributed by atoms with van der Waals surface area (Å²) >= 11 is 0. The third kappa shape index (κ3) is 3.10. The van der Waals surface area contributed by atoms with Crippen molar-refractivity contribution in [2.75, 3.05) is 13.7 Å². The average Bonchev–Trinajstić information content (AvgIpc) is 2.27. The summed E-state index contributed by atoms with van der Waals surface area (Å²) in [5.74, 6) is -0.854. The molecule has 18 heavy (non-hydrogen) atoms. The third-order valence-corrected chi connectivity index (χ3v) is 3.88. The molecule has 0 heterocycles. The lowest BCUT2D eigenvalue weighted by molar-refractivity contribution is -0.150. The lowest BCUT2D eigenvalue weighted by Gasteiger charge is -2.41. The lowest BCUT2D eigenvalue weighted by atomic mass is 9.63. The van der Waals surface area contributed by atoms with Gasteiger partial charge in [0.1, 0.15) is 5.78 Å². The van der Waals surface area contributed by atoms with Crippen LogP contribution in [0, 0.1) is 16.7 Å². The first-order valence-corrected chi connectivity index (χ1v) is 6.49. The summed E-state index contributed by atoms with van der Waals surface area (Å²) in [7, 11) is 1.60. The van der Waals surface area contributed by atoms with Gasteiger partial charge in [0.05, 0.1) is 17.9 Å². The van der Waals surface area contributed by atoms with Gasteiger partial charge in [0, 0.05) is 12.5 Å². The second-order valence-electron chi connectivity index (χ2n) is 6.40. The van der Waals surface area contributed by atoms with Gasteiger partial charge in [-0.1, -0.05) is 20.8 Å². The SMILES string of the molecule is COCC1(C(=O)C(C)(C)C)CCC(C(=O)O)CC1. The molecular formula is C14H24O4. The zero-order valence-corrected chi connectivity index (χ0v) is 11.8. The summed E-state index contributed by atoms with van der Waals surface area (Å²) in [5, 5.41) is 9.02. The number of carboxylic acids is 1. The fourth-order valence-electron chi connectivity index (χ4n) is 2.93. The molecule has 0 saturated heterocycles. The molecule has 0 aromatic carbocycles. The summed E-state index contributed by atoms with van der Waals surface area (Å²) in [4.78, 5) is 23.6. The minimum atomic E-state index is -0.746. The quantitative estimate of drug-likeness (QED) is 0.839. The van der Waals surface area contributed by atoms with E-state index in [0.29, 0.717) is 32.3 Å². The topological polar surface area (TPSA) is 63.6 Å². The Hall–Kier alpha value is -0.900. The summed E-state index contributed by atoms with van der Waals surface area (Å²) in [5.41, 5.74) is -0.895. The van der Waals surface area contributed by atoms with Crippen LogP contribution in [-0.2, 0) is 14.3 Å². The second kappa shape index (κ2) is 5.39. The smallest absolute Gasteiger partial charge is 0.306 e. The summed E-state index contributed by atoms with van der Waals surface area (Å²) in [6.07, 6.45) is 2.38. The lowest BCUT2D eigenvalue weighted by Crippen LogP contribution is -2.45. The van der Waals surface area contributed by atoms with Gasteiger partial charge in [-0.15, -0.1) is 0 Å². The number of carboxylic acid groups (broad SMARTS) is 1. The van der Waals surface area contributed by atoms with E-state index < -0.39 is 16.8 Å². The number of aliphatic carboxylic acids is 1. The van der Waals surface area contributed by atoms with Crippen molar-refractivity contribution in [2.45, 2.75) is 46.5 Å². The van der Waals surface area contributed by atoms with Gasteiger partial charge in [-0.2, -0.15) is 0 Å². The molecule has 0 aromatic heterocycles. The van der Waals surface area contributed by atoms with Crippen LogP contribution in [0.4, 0.5) is 0 Å². The van der Waals surface area contributed by atoms with Gasteiger partial charge in [0.2, 0.25) is 0 Å². The maximum atomic E-state index is 12.6. The Kier molecular flexibility index (Phi) is 4.54. The Morgan fingerprint density at radius 2 is 1.78 bits per heavy atom. The molecule has 1 aliphatic carbocycles. The van der Waals surface area contributed by atoms with Crippen molar-refractivity contribution in [3.63, 3.8) is 0 Å². The van der Waals surface area contributed by atoms with E-state index in [4.69, 9.17) is 9.84 Å². The molecule has 1 fully saturated rings. The van der Waals surface area contributed by atoms with Gasteiger partial charge < -0.3 is 9.84 Å². The molecule has 0 amide bonds. The number of Topliss-reactive ketones (excluding diaryl/α,β-unsaturated/α-hetero) is 1. The molecule has 4 nitrogen and oxygen atoms in total. The molecular weight excluding hydrogens is 232 g/mol. The molecule has 1 N–H and O–H groups in total. The Balaban J connectivity index is 2.85. The first-order chi connectivity index (χ1) is 8.23. The van der Waals surface area contributed by atoms with Crippen molar-refractivity contribution in [3.8, 4) is 0 Å². The molecule has 0 spiro atoms. The number of methoxy groups -OCH3 is 1. The number of carbonyl (C=O) groups excluding carboxylic acids is 1. The van der Waals surface area contributed by atoms with E-state index in [2.05, 4.69) is 0 Å². The number of hydrogen-bond acceptors (Lipinski definition) is 3. The number of rotatable bonds is 4. The highest BCUT2D eigenvalue weighted by atomic mass is 16.5. The van der Waals surface area contributed by atoms with Gasteiger partial charge >= 0.3 is 5.97 Å². The molecule has 0 bridgehead atoms. The van der Waals surface area contributed by atoms with Crippen molar-refractivity contribution in [3.05, 3.63) is 0 Å². The van der Waals surface area contributed by atoms with Gasteiger partial charge in [-0.05, 0) is 25.7 Å². The molecule has 4 heteroatoms. The minimum Gasteiger partial charge on any atom is -0.481 e. The molecule has 0 aromatic rings. The normalized spacial score (nSPS) is 29.0. The van der Waals surface area contributed by atoms with Crippen LogP contribution in [0.2, 0.25) is 0 Å². The van der Waals surface area contributed by atoms with Gasteiger partial charge in [0.15, 0.2) is 0 Å². The summed E-state index contributed by atoms with van der Waals surface area (Å²) in [6.45, 7) is 6.14. The summed E-state index contributed by atoms with van der Waals surface area (Å²) < 4.78 is 5.23. The molecule has 1 saturated carbocycles. The largest absolute Gasteiger partial charge is 0.481 e. The minimum absolute atomic E-state index is 0.195. The van der Waals surface area contributed by atoms with Gasteiger partial charge in [0.25, 0.3) is 0 Å². The zero-order chi connectivity index (χ0) is 14.0. The van der Waals surface area contributed by atoms with Gasteiger partial charge in [-0.3, -0.25) is 9.59 Å². The Morgan fingerprint density at radius 1 is 1.28 bits per heavy atom. The molecule has 104 valence electrons. The second-order valence-corrected chi connectivity index (χ2v) is 6.40. The van der Waals surface area contributed by atoms with E-state index in [1.165, 1.54) is 0 Å². The number of ether oxygens (including phenoxy) is 1. The molecule has 0 radical (unpaired) electrons. The van der Waals surface area contributed by atoms with Crippen LogP contribution in [0.5, 0.6) is 0 Å². The molecule has 1 aliphatic rings. The molecule has 1 rings (SSSR count). The van der Waals surface area contributed by atoms with Crippen molar-refractivity contribution >= 4 is 11.8 Å². The van der Waals surface area contributed by atoms with Crippen molar-refractivity contribution in [1.29, 1.82) is 0 Å². The van der Waals surface area contributed by atoms with E-state index in [-0.39, 0.29) is 11.7 Å². The van der Waals surface area contributed by atoms with Crippen LogP contribution in [0.1, 0.15) is 46.5 Å². The first-order valence-electron chi connectivity index (χ1n) is 6.49. The van der Waals surface area contributed by atoms with Crippen LogP contribution in [0.25, 0.3) is 0 Å².